The normalized spacial score (nSPS) is 10.6. The van der Waals surface area contributed by atoms with Gasteiger partial charge in [0.25, 0.3) is 0 Å². The van der Waals surface area contributed by atoms with Crippen LogP contribution in [0.5, 0.6) is 0 Å². The quantitative estimate of drug-likeness (QED) is 0.897. The molecule has 0 spiro atoms. The van der Waals surface area contributed by atoms with Gasteiger partial charge in [0.2, 0.25) is 11.8 Å². The van der Waals surface area contributed by atoms with E-state index < -0.39 is 0 Å². The Labute approximate surface area is 150 Å². The maximum Gasteiger partial charge on any atom is 0.249 e. The Morgan fingerprint density at radius 3 is 1.88 bits per heavy atom. The predicted molar refractivity (Wildman–Crippen MR) is 102 cm³/mol. The summed E-state index contributed by atoms with van der Waals surface area (Å²) in [5.74, 6) is -0.618. The molecule has 0 aliphatic carbocycles. The fraction of sp³-hybridized carbons (Fsp3) is 0.333. The Kier molecular flexibility index (Phi) is 6.92. The van der Waals surface area contributed by atoms with Gasteiger partial charge in [-0.05, 0) is 41.5 Å². The second-order valence-corrected chi connectivity index (χ2v) is 7.18. The van der Waals surface area contributed by atoms with E-state index in [1.165, 1.54) is 0 Å². The molecule has 2 aromatic rings. The number of rotatable bonds is 3. The van der Waals surface area contributed by atoms with Crippen LogP contribution in [0.15, 0.2) is 42.5 Å². The molecule has 4 heteroatoms. The van der Waals surface area contributed by atoms with Crippen LogP contribution in [0.4, 0.5) is 0 Å². The summed E-state index contributed by atoms with van der Waals surface area (Å²) in [6, 6.07) is 13.6. The second kappa shape index (κ2) is 8.47. The van der Waals surface area contributed by atoms with Gasteiger partial charge in [0.15, 0.2) is 0 Å². The zero-order valence-corrected chi connectivity index (χ0v) is 15.7. The van der Waals surface area contributed by atoms with Crippen molar-refractivity contribution in [3.63, 3.8) is 0 Å². The smallest absolute Gasteiger partial charge is 0.249 e. The van der Waals surface area contributed by atoms with Crippen LogP contribution in [0.2, 0.25) is 0 Å². The van der Waals surface area contributed by atoms with E-state index in [1.54, 1.807) is 0 Å². The molecule has 2 amide bonds. The number of carbonyl (C=O) groups is 2. The van der Waals surface area contributed by atoms with Gasteiger partial charge >= 0.3 is 0 Å². The summed E-state index contributed by atoms with van der Waals surface area (Å²) in [5.41, 5.74) is 15.1. The van der Waals surface area contributed by atoms with Crippen LogP contribution in [-0.2, 0) is 16.6 Å². The largest absolute Gasteiger partial charge is 0.369 e. The molecule has 4 N–H and O–H groups in total. The maximum absolute atomic E-state index is 11.3. The fourth-order valence-corrected chi connectivity index (χ4v) is 2.62. The van der Waals surface area contributed by atoms with Gasteiger partial charge in [-0.3, -0.25) is 9.59 Å². The molecular formula is C21H28N2O2. The van der Waals surface area contributed by atoms with Crippen molar-refractivity contribution < 1.29 is 9.59 Å². The first-order valence-corrected chi connectivity index (χ1v) is 8.26. The highest BCUT2D eigenvalue weighted by Gasteiger charge is 2.21. The molecule has 0 saturated carbocycles. The first-order chi connectivity index (χ1) is 11.5. The standard InChI is InChI=1S/C12H17NO.C9H11NO/c1-8-6-5-7-9(12(2,3)4)10(8)11(13)14;1-7-4-2-3-5-8(7)6-9(10)11/h5-7H,1-4H3,(H2,13,14);2-5H,6H2,1H3,(H2,10,11). The monoisotopic (exact) mass is 340 g/mol. The summed E-state index contributed by atoms with van der Waals surface area (Å²) in [5, 5.41) is 0. The molecule has 25 heavy (non-hydrogen) atoms. The third-order valence-electron chi connectivity index (χ3n) is 3.95. The van der Waals surface area contributed by atoms with Gasteiger partial charge in [-0.15, -0.1) is 0 Å². The molecule has 2 aromatic carbocycles. The van der Waals surface area contributed by atoms with E-state index in [0.29, 0.717) is 12.0 Å². The van der Waals surface area contributed by atoms with Crippen molar-refractivity contribution in [1.82, 2.24) is 0 Å². The number of hydrogen-bond donors (Lipinski definition) is 2. The van der Waals surface area contributed by atoms with Crippen LogP contribution < -0.4 is 11.5 Å². The lowest BCUT2D eigenvalue weighted by Gasteiger charge is -2.22. The van der Waals surface area contributed by atoms with Gasteiger partial charge in [-0.2, -0.15) is 0 Å². The SMILES string of the molecule is Cc1cccc(C(C)(C)C)c1C(N)=O.Cc1ccccc1CC(N)=O. The summed E-state index contributed by atoms with van der Waals surface area (Å²) < 4.78 is 0. The fourth-order valence-electron chi connectivity index (χ4n) is 2.62. The summed E-state index contributed by atoms with van der Waals surface area (Å²) in [6.45, 7) is 10.1. The van der Waals surface area contributed by atoms with E-state index in [9.17, 15) is 9.59 Å². The van der Waals surface area contributed by atoms with Crippen LogP contribution >= 0.6 is 0 Å². The van der Waals surface area contributed by atoms with E-state index in [1.807, 2.05) is 56.3 Å². The molecule has 4 nitrogen and oxygen atoms in total. The lowest BCUT2D eigenvalue weighted by Crippen LogP contribution is -2.22. The highest BCUT2D eigenvalue weighted by Crippen LogP contribution is 2.27. The molecule has 2 rings (SSSR count). The molecule has 0 fully saturated rings. The van der Waals surface area contributed by atoms with Crippen molar-refractivity contribution in [1.29, 1.82) is 0 Å². The minimum atomic E-state index is -0.340. The number of amides is 2. The molecule has 0 aliphatic rings. The van der Waals surface area contributed by atoms with Crippen LogP contribution in [0.3, 0.4) is 0 Å². The predicted octanol–water partition coefficient (Wildman–Crippen LogP) is 3.41. The number of primary amides is 2. The molecule has 0 saturated heterocycles. The van der Waals surface area contributed by atoms with Crippen molar-refractivity contribution in [2.45, 2.75) is 46.5 Å². The molecule has 0 radical (unpaired) electrons. The van der Waals surface area contributed by atoms with Crippen molar-refractivity contribution in [3.8, 4) is 0 Å². The first-order valence-electron chi connectivity index (χ1n) is 8.26. The zero-order chi connectivity index (χ0) is 19.2. The topological polar surface area (TPSA) is 86.2 Å². The van der Waals surface area contributed by atoms with Crippen LogP contribution in [0.25, 0.3) is 0 Å². The summed E-state index contributed by atoms with van der Waals surface area (Å²) in [6.07, 6.45) is 0.340. The first kappa shape index (κ1) is 20.4. The van der Waals surface area contributed by atoms with E-state index >= 15 is 0 Å². The summed E-state index contributed by atoms with van der Waals surface area (Å²) in [4.78, 5) is 21.9. The highest BCUT2D eigenvalue weighted by molar-refractivity contribution is 5.96. The average Bonchev–Trinajstić information content (AvgIpc) is 2.48. The highest BCUT2D eigenvalue weighted by atomic mass is 16.1. The molecular weight excluding hydrogens is 312 g/mol. The summed E-state index contributed by atoms with van der Waals surface area (Å²) in [7, 11) is 0. The Bertz CT molecular complexity index is 759. The van der Waals surface area contributed by atoms with Crippen molar-refractivity contribution in [2.75, 3.05) is 0 Å². The Morgan fingerprint density at radius 2 is 1.44 bits per heavy atom. The lowest BCUT2D eigenvalue weighted by atomic mass is 9.82. The molecule has 134 valence electrons. The maximum atomic E-state index is 11.3. The van der Waals surface area contributed by atoms with Gasteiger partial charge < -0.3 is 11.5 Å². The van der Waals surface area contributed by atoms with E-state index in [-0.39, 0.29) is 17.2 Å². The van der Waals surface area contributed by atoms with Gasteiger partial charge in [0, 0.05) is 5.56 Å². The molecule has 0 unspecified atom stereocenters. The molecule has 0 aromatic heterocycles. The van der Waals surface area contributed by atoms with Crippen LogP contribution in [0, 0.1) is 13.8 Å². The molecule has 0 bridgehead atoms. The third-order valence-corrected chi connectivity index (χ3v) is 3.95. The van der Waals surface area contributed by atoms with Crippen LogP contribution in [-0.4, -0.2) is 11.8 Å². The molecule has 0 aliphatic heterocycles. The van der Waals surface area contributed by atoms with Crippen molar-refractivity contribution in [3.05, 3.63) is 70.3 Å². The van der Waals surface area contributed by atoms with Gasteiger partial charge in [0.05, 0.1) is 6.42 Å². The van der Waals surface area contributed by atoms with E-state index in [2.05, 4.69) is 20.8 Å². The zero-order valence-electron chi connectivity index (χ0n) is 15.7. The van der Waals surface area contributed by atoms with Gasteiger partial charge in [-0.25, -0.2) is 0 Å². The number of benzene rings is 2. The third kappa shape index (κ3) is 6.07. The van der Waals surface area contributed by atoms with Gasteiger partial charge in [-0.1, -0.05) is 63.2 Å². The average molecular weight is 340 g/mol. The van der Waals surface area contributed by atoms with E-state index in [4.69, 9.17) is 11.5 Å². The Hall–Kier alpha value is -2.62. The van der Waals surface area contributed by atoms with Crippen molar-refractivity contribution >= 4 is 11.8 Å². The summed E-state index contributed by atoms with van der Waals surface area (Å²) >= 11 is 0. The second-order valence-electron chi connectivity index (χ2n) is 7.18. The molecule has 0 heterocycles. The number of hydrogen-bond acceptors (Lipinski definition) is 2. The Morgan fingerprint density at radius 1 is 0.880 bits per heavy atom. The minimum Gasteiger partial charge on any atom is -0.369 e. The minimum absolute atomic E-state index is 0.0453. The van der Waals surface area contributed by atoms with Crippen LogP contribution in [0.1, 0.15) is 53.4 Å². The molecule has 0 atom stereocenters. The number of nitrogens with two attached hydrogens (primary N) is 2. The Balaban J connectivity index is 0.000000257. The number of carbonyl (C=O) groups excluding carboxylic acids is 2. The lowest BCUT2D eigenvalue weighted by molar-refractivity contribution is -0.117. The van der Waals surface area contributed by atoms with Crippen molar-refractivity contribution in [2.24, 2.45) is 11.5 Å². The van der Waals surface area contributed by atoms with E-state index in [0.717, 1.165) is 22.3 Å². The van der Waals surface area contributed by atoms with Gasteiger partial charge in [0.1, 0.15) is 0 Å². The number of aryl methyl sites for hydroxylation is 2.